The normalized spacial score (nSPS) is 11.9. The second-order valence-electron chi connectivity index (χ2n) is 4.57. The minimum Gasteiger partial charge on any atom is -0.399 e. The number of benzene rings is 2. The van der Waals surface area contributed by atoms with Crippen molar-refractivity contribution in [1.82, 2.24) is 0 Å². The van der Waals surface area contributed by atoms with Crippen LogP contribution < -0.4 is 16.8 Å². The third-order valence-corrected chi connectivity index (χ3v) is 3.34. The summed E-state index contributed by atoms with van der Waals surface area (Å²) in [6, 6.07) is 12.9. The van der Waals surface area contributed by atoms with Gasteiger partial charge in [0.2, 0.25) is 0 Å². The number of anilines is 2. The molecule has 2 aromatic rings. The second kappa shape index (κ2) is 5.84. The van der Waals surface area contributed by atoms with Crippen LogP contribution in [0.1, 0.15) is 28.9 Å². The molecule has 1 atom stereocenters. The molecular weight excluding hydrogens is 274 g/mol. The van der Waals surface area contributed by atoms with Crippen LogP contribution in [0.15, 0.2) is 42.5 Å². The van der Waals surface area contributed by atoms with E-state index in [9.17, 15) is 4.79 Å². The highest BCUT2D eigenvalue weighted by Gasteiger charge is 2.15. The molecule has 2 aromatic carbocycles. The molecule has 4 nitrogen and oxygen atoms in total. The summed E-state index contributed by atoms with van der Waals surface area (Å²) in [6.45, 7) is 1.98. The van der Waals surface area contributed by atoms with E-state index in [0.29, 0.717) is 16.4 Å². The smallest absolute Gasteiger partial charge is 0.250 e. The Kier molecular flexibility index (Phi) is 4.15. The van der Waals surface area contributed by atoms with Gasteiger partial charge in [0.05, 0.1) is 16.3 Å². The number of amides is 1. The molecule has 0 radical (unpaired) electrons. The highest BCUT2D eigenvalue weighted by molar-refractivity contribution is 6.34. The minimum absolute atomic E-state index is 0.0181. The van der Waals surface area contributed by atoms with Crippen molar-refractivity contribution in [3.8, 4) is 0 Å². The molecule has 104 valence electrons. The van der Waals surface area contributed by atoms with E-state index in [0.717, 1.165) is 5.56 Å². The number of nitrogens with two attached hydrogens (primary N) is 2. The molecule has 5 heteroatoms. The Balaban J connectivity index is 2.36. The number of hydrogen-bond acceptors (Lipinski definition) is 3. The first-order valence-electron chi connectivity index (χ1n) is 6.19. The molecule has 5 N–H and O–H groups in total. The van der Waals surface area contributed by atoms with E-state index in [1.54, 1.807) is 6.07 Å². The SMILES string of the molecule is CC(Nc1c(Cl)cc(N)cc1C(N)=O)c1ccccc1. The van der Waals surface area contributed by atoms with E-state index in [2.05, 4.69) is 5.32 Å². The van der Waals surface area contributed by atoms with Crippen LogP contribution >= 0.6 is 11.6 Å². The molecular formula is C15H16ClN3O. The molecule has 2 rings (SSSR count). The highest BCUT2D eigenvalue weighted by Crippen LogP contribution is 2.32. The van der Waals surface area contributed by atoms with Crippen LogP contribution in [0.2, 0.25) is 5.02 Å². The van der Waals surface area contributed by atoms with Crippen LogP contribution in [0.5, 0.6) is 0 Å². The van der Waals surface area contributed by atoms with Gasteiger partial charge in [0.1, 0.15) is 0 Å². The third-order valence-electron chi connectivity index (χ3n) is 3.04. The van der Waals surface area contributed by atoms with Gasteiger partial charge in [-0.25, -0.2) is 0 Å². The summed E-state index contributed by atoms with van der Waals surface area (Å²) >= 11 is 6.16. The molecule has 0 aromatic heterocycles. The van der Waals surface area contributed by atoms with E-state index in [1.807, 2.05) is 37.3 Å². The fourth-order valence-corrected chi connectivity index (χ4v) is 2.29. The lowest BCUT2D eigenvalue weighted by molar-refractivity contribution is 0.100. The van der Waals surface area contributed by atoms with Crippen LogP contribution in [-0.2, 0) is 0 Å². The maximum absolute atomic E-state index is 11.5. The fraction of sp³-hybridized carbons (Fsp3) is 0.133. The van der Waals surface area contributed by atoms with Gasteiger partial charge in [0, 0.05) is 11.7 Å². The summed E-state index contributed by atoms with van der Waals surface area (Å²) in [5.74, 6) is -0.568. The summed E-state index contributed by atoms with van der Waals surface area (Å²) < 4.78 is 0. The highest BCUT2D eigenvalue weighted by atomic mass is 35.5. The molecule has 0 spiro atoms. The van der Waals surface area contributed by atoms with Gasteiger partial charge >= 0.3 is 0 Å². The van der Waals surface area contributed by atoms with Crippen LogP contribution in [0, 0.1) is 0 Å². The van der Waals surface area contributed by atoms with Crippen molar-refractivity contribution in [2.75, 3.05) is 11.1 Å². The Hall–Kier alpha value is -2.20. The van der Waals surface area contributed by atoms with Crippen molar-refractivity contribution >= 4 is 28.9 Å². The third kappa shape index (κ3) is 3.03. The zero-order chi connectivity index (χ0) is 14.7. The standard InChI is InChI=1S/C15H16ClN3O/c1-9(10-5-3-2-4-6-10)19-14-12(15(18)20)7-11(17)8-13(14)16/h2-9,19H,17H2,1H3,(H2,18,20). The Morgan fingerprint density at radius 3 is 2.50 bits per heavy atom. The molecule has 0 fully saturated rings. The lowest BCUT2D eigenvalue weighted by Crippen LogP contribution is -2.17. The lowest BCUT2D eigenvalue weighted by atomic mass is 10.1. The average molecular weight is 290 g/mol. The van der Waals surface area contributed by atoms with Gasteiger partial charge in [-0.05, 0) is 24.6 Å². The number of carbonyl (C=O) groups excluding carboxylic acids is 1. The van der Waals surface area contributed by atoms with Crippen molar-refractivity contribution in [2.24, 2.45) is 5.73 Å². The second-order valence-corrected chi connectivity index (χ2v) is 4.97. The number of halogens is 1. The Morgan fingerprint density at radius 1 is 1.25 bits per heavy atom. The monoisotopic (exact) mass is 289 g/mol. The van der Waals surface area contributed by atoms with E-state index in [-0.39, 0.29) is 11.6 Å². The van der Waals surface area contributed by atoms with Crippen molar-refractivity contribution in [2.45, 2.75) is 13.0 Å². The Bertz CT molecular complexity index is 629. The number of nitrogens with one attached hydrogen (secondary N) is 1. The van der Waals surface area contributed by atoms with Gasteiger partial charge in [0.25, 0.3) is 5.91 Å². The van der Waals surface area contributed by atoms with Gasteiger partial charge in [-0.1, -0.05) is 41.9 Å². The molecule has 0 aliphatic rings. The number of hydrogen-bond donors (Lipinski definition) is 3. The van der Waals surface area contributed by atoms with Gasteiger partial charge in [0.15, 0.2) is 0 Å². The topological polar surface area (TPSA) is 81.1 Å². The first-order chi connectivity index (χ1) is 9.49. The first kappa shape index (κ1) is 14.2. The fourth-order valence-electron chi connectivity index (χ4n) is 2.01. The average Bonchev–Trinajstić information content (AvgIpc) is 2.42. The van der Waals surface area contributed by atoms with Gasteiger partial charge in [-0.15, -0.1) is 0 Å². The van der Waals surface area contributed by atoms with Crippen molar-refractivity contribution in [3.05, 3.63) is 58.6 Å². The molecule has 20 heavy (non-hydrogen) atoms. The number of rotatable bonds is 4. The molecule has 0 bridgehead atoms. The predicted molar refractivity (Wildman–Crippen MR) is 82.9 cm³/mol. The van der Waals surface area contributed by atoms with Crippen molar-refractivity contribution in [3.63, 3.8) is 0 Å². The van der Waals surface area contributed by atoms with E-state index < -0.39 is 5.91 Å². The maximum Gasteiger partial charge on any atom is 0.250 e. The summed E-state index contributed by atoms with van der Waals surface area (Å²) in [7, 11) is 0. The lowest BCUT2D eigenvalue weighted by Gasteiger charge is -2.19. The summed E-state index contributed by atoms with van der Waals surface area (Å²) in [5.41, 5.74) is 13.3. The van der Waals surface area contributed by atoms with Gasteiger partial charge < -0.3 is 16.8 Å². The summed E-state index contributed by atoms with van der Waals surface area (Å²) in [5, 5.41) is 3.59. The van der Waals surface area contributed by atoms with Crippen LogP contribution in [0.3, 0.4) is 0 Å². The van der Waals surface area contributed by atoms with Crippen LogP contribution in [-0.4, -0.2) is 5.91 Å². The van der Waals surface area contributed by atoms with Crippen LogP contribution in [0.4, 0.5) is 11.4 Å². The van der Waals surface area contributed by atoms with Crippen LogP contribution in [0.25, 0.3) is 0 Å². The van der Waals surface area contributed by atoms with Crippen molar-refractivity contribution < 1.29 is 4.79 Å². The molecule has 0 saturated heterocycles. The molecule has 0 heterocycles. The van der Waals surface area contributed by atoms with E-state index in [1.165, 1.54) is 6.07 Å². The Morgan fingerprint density at radius 2 is 1.90 bits per heavy atom. The zero-order valence-corrected chi connectivity index (χ0v) is 11.8. The quantitative estimate of drug-likeness (QED) is 0.756. The Labute approximate surface area is 122 Å². The number of carbonyl (C=O) groups is 1. The molecule has 0 saturated carbocycles. The molecule has 0 aliphatic heterocycles. The largest absolute Gasteiger partial charge is 0.399 e. The van der Waals surface area contributed by atoms with Crippen molar-refractivity contribution in [1.29, 1.82) is 0 Å². The van der Waals surface area contributed by atoms with E-state index in [4.69, 9.17) is 23.1 Å². The van der Waals surface area contributed by atoms with Gasteiger partial charge in [-0.2, -0.15) is 0 Å². The summed E-state index contributed by atoms with van der Waals surface area (Å²) in [4.78, 5) is 11.5. The van der Waals surface area contributed by atoms with E-state index >= 15 is 0 Å². The predicted octanol–water partition coefficient (Wildman–Crippen LogP) is 3.19. The van der Waals surface area contributed by atoms with Gasteiger partial charge in [-0.3, -0.25) is 4.79 Å². The maximum atomic E-state index is 11.5. The number of primary amides is 1. The number of nitrogen functional groups attached to an aromatic ring is 1. The molecule has 1 unspecified atom stereocenters. The first-order valence-corrected chi connectivity index (χ1v) is 6.57. The molecule has 1 amide bonds. The molecule has 0 aliphatic carbocycles. The zero-order valence-electron chi connectivity index (χ0n) is 11.1. The summed E-state index contributed by atoms with van der Waals surface area (Å²) in [6.07, 6.45) is 0. The minimum atomic E-state index is -0.568.